The predicted octanol–water partition coefficient (Wildman–Crippen LogP) is 5.48. The first-order chi connectivity index (χ1) is 13.7. The Kier molecular flexibility index (Phi) is 3.71. The van der Waals surface area contributed by atoms with Crippen molar-refractivity contribution in [1.82, 2.24) is 14.1 Å². The van der Waals surface area contributed by atoms with E-state index in [4.69, 9.17) is 4.98 Å². The summed E-state index contributed by atoms with van der Waals surface area (Å²) in [4.78, 5) is 6.03. The minimum Gasteiger partial charge on any atom is -0.350 e. The molecular weight excluding hydrogens is 364 g/mol. The Labute approximate surface area is 167 Å². The Morgan fingerprint density at radius 1 is 0.964 bits per heavy atom. The minimum absolute atomic E-state index is 0.646. The van der Waals surface area contributed by atoms with Crippen molar-refractivity contribution in [2.75, 3.05) is 6.26 Å². The van der Waals surface area contributed by atoms with Crippen LogP contribution in [0, 0.1) is 11.3 Å². The van der Waals surface area contributed by atoms with Gasteiger partial charge in [0.2, 0.25) is 0 Å². The van der Waals surface area contributed by atoms with Crippen LogP contribution >= 0.6 is 11.8 Å². The third-order valence-electron chi connectivity index (χ3n) is 5.45. The number of aryl methyl sites for hydroxylation is 2. The number of thioether (sulfide) groups is 1. The van der Waals surface area contributed by atoms with Crippen molar-refractivity contribution in [1.29, 1.82) is 5.26 Å². The van der Waals surface area contributed by atoms with Gasteiger partial charge in [0.1, 0.15) is 11.7 Å². The van der Waals surface area contributed by atoms with Crippen LogP contribution in [0.2, 0.25) is 0 Å². The second kappa shape index (κ2) is 6.15. The van der Waals surface area contributed by atoms with E-state index in [1.54, 1.807) is 11.8 Å². The first-order valence-electron chi connectivity index (χ1n) is 9.05. The Morgan fingerprint density at radius 3 is 2.36 bits per heavy atom. The summed E-state index contributed by atoms with van der Waals surface area (Å²) >= 11 is 1.62. The Balaban J connectivity index is 1.99. The highest BCUT2D eigenvalue weighted by Gasteiger charge is 2.22. The summed E-state index contributed by atoms with van der Waals surface area (Å²) in [6.07, 6.45) is 4.11. The van der Waals surface area contributed by atoms with Crippen LogP contribution in [-0.2, 0) is 14.1 Å². The molecule has 0 radical (unpaired) electrons. The van der Waals surface area contributed by atoms with E-state index < -0.39 is 0 Å². The first-order valence-corrected chi connectivity index (χ1v) is 10.3. The number of hydrogen-bond acceptors (Lipinski definition) is 3. The number of para-hydroxylation sites is 2. The topological polar surface area (TPSA) is 46.5 Å². The maximum atomic E-state index is 10.1. The second-order valence-corrected chi connectivity index (χ2v) is 7.74. The summed E-state index contributed by atoms with van der Waals surface area (Å²) < 4.78 is 4.22. The van der Waals surface area contributed by atoms with Gasteiger partial charge >= 0.3 is 0 Å². The van der Waals surface area contributed by atoms with E-state index in [0.717, 1.165) is 49.0 Å². The molecule has 0 spiro atoms. The number of rotatable bonds is 2. The van der Waals surface area contributed by atoms with Crippen LogP contribution in [0.3, 0.4) is 0 Å². The highest BCUT2D eigenvalue weighted by atomic mass is 32.2. The average Bonchev–Trinajstić information content (AvgIpc) is 3.22. The molecule has 28 heavy (non-hydrogen) atoms. The van der Waals surface area contributed by atoms with Gasteiger partial charge in [-0.15, -0.1) is 11.8 Å². The molecule has 0 fully saturated rings. The average molecular weight is 382 g/mol. The number of hydrogen-bond donors (Lipinski definition) is 0. The van der Waals surface area contributed by atoms with Crippen molar-refractivity contribution in [2.24, 2.45) is 14.1 Å². The fourth-order valence-electron chi connectivity index (χ4n) is 4.16. The van der Waals surface area contributed by atoms with Crippen molar-refractivity contribution in [2.45, 2.75) is 4.90 Å². The monoisotopic (exact) mass is 382 g/mol. The Bertz CT molecular complexity index is 1430. The molecule has 3 heterocycles. The molecule has 5 heteroatoms. The number of nitriles is 1. The van der Waals surface area contributed by atoms with Crippen LogP contribution in [0.1, 0.15) is 5.56 Å². The summed E-state index contributed by atoms with van der Waals surface area (Å²) in [5.41, 5.74) is 5.56. The van der Waals surface area contributed by atoms with Gasteiger partial charge in [-0.3, -0.25) is 0 Å². The number of pyridine rings is 1. The van der Waals surface area contributed by atoms with Gasteiger partial charge in [-0.2, -0.15) is 5.26 Å². The molecule has 0 aliphatic carbocycles. The molecule has 5 rings (SSSR count). The molecule has 0 atom stereocenters. The first kappa shape index (κ1) is 16.9. The van der Waals surface area contributed by atoms with Crippen molar-refractivity contribution in [3.8, 4) is 17.3 Å². The SMILES string of the molecule is CSc1c(C#N)c(-c2cn(C)c3ccccc23)nc2c1c1ccccc1n2C. The van der Waals surface area contributed by atoms with Crippen LogP contribution in [-0.4, -0.2) is 20.4 Å². The lowest BCUT2D eigenvalue weighted by Crippen LogP contribution is -1.97. The van der Waals surface area contributed by atoms with E-state index in [2.05, 4.69) is 45.7 Å². The number of aromatic nitrogens is 3. The molecule has 5 aromatic rings. The highest BCUT2D eigenvalue weighted by molar-refractivity contribution is 7.99. The molecule has 0 aliphatic rings. The second-order valence-electron chi connectivity index (χ2n) is 6.93. The zero-order valence-corrected chi connectivity index (χ0v) is 16.7. The molecule has 0 saturated heterocycles. The number of benzene rings is 2. The fraction of sp³-hybridized carbons (Fsp3) is 0.130. The van der Waals surface area contributed by atoms with E-state index in [-0.39, 0.29) is 0 Å². The van der Waals surface area contributed by atoms with Gasteiger partial charge in [-0.25, -0.2) is 4.98 Å². The zero-order valence-electron chi connectivity index (χ0n) is 15.9. The molecule has 0 aliphatic heterocycles. The largest absolute Gasteiger partial charge is 0.350 e. The lowest BCUT2D eigenvalue weighted by atomic mass is 10.0. The number of nitrogens with zero attached hydrogens (tertiary/aromatic N) is 4. The van der Waals surface area contributed by atoms with Crippen molar-refractivity contribution < 1.29 is 0 Å². The lowest BCUT2D eigenvalue weighted by Gasteiger charge is -2.09. The molecule has 0 bridgehead atoms. The minimum atomic E-state index is 0.646. The molecule has 3 aromatic heterocycles. The van der Waals surface area contributed by atoms with Gasteiger partial charge in [0, 0.05) is 52.4 Å². The Morgan fingerprint density at radius 2 is 1.64 bits per heavy atom. The van der Waals surface area contributed by atoms with E-state index in [9.17, 15) is 5.26 Å². The van der Waals surface area contributed by atoms with E-state index in [0.29, 0.717) is 5.56 Å². The third-order valence-corrected chi connectivity index (χ3v) is 6.27. The normalized spacial score (nSPS) is 11.5. The van der Waals surface area contributed by atoms with Crippen LogP contribution < -0.4 is 0 Å². The molecule has 136 valence electrons. The lowest BCUT2D eigenvalue weighted by molar-refractivity contribution is 0.967. The molecule has 0 unspecified atom stereocenters. The van der Waals surface area contributed by atoms with Gasteiger partial charge in [-0.05, 0) is 18.4 Å². The highest BCUT2D eigenvalue weighted by Crippen LogP contribution is 2.41. The van der Waals surface area contributed by atoms with Crippen LogP contribution in [0.15, 0.2) is 59.6 Å². The summed E-state index contributed by atoms with van der Waals surface area (Å²) in [6, 6.07) is 19.0. The van der Waals surface area contributed by atoms with E-state index >= 15 is 0 Å². The van der Waals surface area contributed by atoms with Gasteiger partial charge in [0.05, 0.1) is 16.8 Å². The summed E-state index contributed by atoms with van der Waals surface area (Å²) in [5.74, 6) is 0. The standard InChI is InChI=1S/C23H18N4S/c1-26-13-17(14-8-4-6-10-18(14)26)21-16(12-24)22(28-3)20-15-9-5-7-11-19(15)27(2)23(20)25-21/h4-11,13H,1-3H3. The quantitative estimate of drug-likeness (QED) is 0.380. The molecule has 4 nitrogen and oxygen atoms in total. The molecule has 2 aromatic carbocycles. The van der Waals surface area contributed by atoms with Gasteiger partial charge in [0.25, 0.3) is 0 Å². The smallest absolute Gasteiger partial charge is 0.142 e. The van der Waals surface area contributed by atoms with Crippen molar-refractivity contribution in [3.63, 3.8) is 0 Å². The van der Waals surface area contributed by atoms with Crippen LogP contribution in [0.25, 0.3) is 44.1 Å². The van der Waals surface area contributed by atoms with Crippen LogP contribution in [0.5, 0.6) is 0 Å². The van der Waals surface area contributed by atoms with Gasteiger partial charge < -0.3 is 9.13 Å². The van der Waals surface area contributed by atoms with Gasteiger partial charge in [0.15, 0.2) is 0 Å². The Hall–Kier alpha value is -3.23. The maximum Gasteiger partial charge on any atom is 0.142 e. The summed E-state index contributed by atoms with van der Waals surface area (Å²) in [7, 11) is 4.07. The molecule has 0 amide bonds. The van der Waals surface area contributed by atoms with Crippen molar-refractivity contribution in [3.05, 3.63) is 60.3 Å². The van der Waals surface area contributed by atoms with Gasteiger partial charge in [-0.1, -0.05) is 36.4 Å². The van der Waals surface area contributed by atoms with Crippen molar-refractivity contribution >= 4 is 44.6 Å². The molecule has 0 saturated carbocycles. The molecular formula is C23H18N4S. The third kappa shape index (κ3) is 2.15. The fourth-order valence-corrected chi connectivity index (χ4v) is 4.91. The van der Waals surface area contributed by atoms with E-state index in [1.165, 1.54) is 0 Å². The summed E-state index contributed by atoms with van der Waals surface area (Å²) in [5, 5.41) is 13.4. The zero-order chi connectivity index (χ0) is 19.4. The van der Waals surface area contributed by atoms with Crippen LogP contribution in [0.4, 0.5) is 0 Å². The predicted molar refractivity (Wildman–Crippen MR) is 117 cm³/mol. The number of fused-ring (bicyclic) bond motifs is 4. The van der Waals surface area contributed by atoms with E-state index in [1.807, 2.05) is 44.6 Å². The maximum absolute atomic E-state index is 10.1. The molecule has 0 N–H and O–H groups in total. The summed E-state index contributed by atoms with van der Waals surface area (Å²) in [6.45, 7) is 0.